The van der Waals surface area contributed by atoms with Crippen molar-refractivity contribution in [1.82, 2.24) is 14.7 Å². The van der Waals surface area contributed by atoms with E-state index < -0.39 is 6.10 Å². The Kier molecular flexibility index (Phi) is 5.12. The largest absolute Gasteiger partial charge is 0.467 e. The fourth-order valence-corrected chi connectivity index (χ4v) is 3.20. The van der Waals surface area contributed by atoms with Crippen molar-refractivity contribution in [2.24, 2.45) is 0 Å². The minimum Gasteiger partial charge on any atom is -0.467 e. The van der Waals surface area contributed by atoms with Crippen LogP contribution in [0.3, 0.4) is 0 Å². The van der Waals surface area contributed by atoms with Crippen molar-refractivity contribution in [1.29, 1.82) is 0 Å². The Bertz CT molecular complexity index is 463. The van der Waals surface area contributed by atoms with Gasteiger partial charge in [-0.15, -0.1) is 0 Å². The van der Waals surface area contributed by atoms with E-state index in [9.17, 15) is 9.90 Å². The predicted molar refractivity (Wildman–Crippen MR) is 82.4 cm³/mol. The molecule has 0 aliphatic carbocycles. The average molecular weight is 307 g/mol. The Labute approximate surface area is 131 Å². The number of β-amino-alcohol motifs (C(OH)–C–C–N with tert-alkyl or cyclic N) is 1. The molecule has 1 atom stereocenters. The zero-order valence-electron chi connectivity index (χ0n) is 13.0. The number of furan rings is 1. The van der Waals surface area contributed by atoms with Crippen molar-refractivity contribution in [3.05, 3.63) is 24.2 Å². The topological polar surface area (TPSA) is 60.2 Å². The number of piperazine rings is 1. The molecule has 1 aromatic heterocycles. The number of likely N-dealkylation sites (tertiary alicyclic amines) is 1. The second-order valence-electron chi connectivity index (χ2n) is 6.20. The number of carbonyl (C=O) groups is 1. The summed E-state index contributed by atoms with van der Waals surface area (Å²) in [4.78, 5) is 18.6. The van der Waals surface area contributed by atoms with E-state index in [1.807, 2.05) is 4.90 Å². The zero-order chi connectivity index (χ0) is 15.4. The summed E-state index contributed by atoms with van der Waals surface area (Å²) in [6.07, 6.45) is 3.29. The lowest BCUT2D eigenvalue weighted by atomic mass is 10.2. The molecule has 2 aliphatic heterocycles. The normalized spacial score (nSPS) is 22.1. The molecule has 6 heteroatoms. The maximum Gasteiger partial charge on any atom is 0.236 e. The van der Waals surface area contributed by atoms with Crippen LogP contribution < -0.4 is 0 Å². The van der Waals surface area contributed by atoms with Gasteiger partial charge in [-0.1, -0.05) is 0 Å². The molecule has 22 heavy (non-hydrogen) atoms. The van der Waals surface area contributed by atoms with E-state index in [0.717, 1.165) is 52.1 Å². The Morgan fingerprint density at radius 2 is 1.82 bits per heavy atom. The summed E-state index contributed by atoms with van der Waals surface area (Å²) in [5.41, 5.74) is 0. The van der Waals surface area contributed by atoms with E-state index in [1.165, 1.54) is 0 Å². The summed E-state index contributed by atoms with van der Waals surface area (Å²) >= 11 is 0. The van der Waals surface area contributed by atoms with Gasteiger partial charge in [0.05, 0.1) is 12.8 Å². The maximum absolute atomic E-state index is 12.1. The monoisotopic (exact) mass is 307 g/mol. The van der Waals surface area contributed by atoms with Gasteiger partial charge in [-0.25, -0.2) is 0 Å². The molecule has 0 spiro atoms. The summed E-state index contributed by atoms with van der Waals surface area (Å²) in [6, 6.07) is 3.59. The van der Waals surface area contributed by atoms with Gasteiger partial charge in [-0.05, 0) is 25.0 Å². The first-order chi connectivity index (χ1) is 10.7. The number of carbonyl (C=O) groups excluding carboxylic acids is 1. The summed E-state index contributed by atoms with van der Waals surface area (Å²) in [6.45, 7) is 6.49. The van der Waals surface area contributed by atoms with Crippen LogP contribution in [0.25, 0.3) is 0 Å². The molecule has 1 N–H and O–H groups in total. The average Bonchev–Trinajstić information content (AvgIpc) is 3.23. The van der Waals surface area contributed by atoms with Crippen molar-refractivity contribution < 1.29 is 14.3 Å². The SMILES string of the molecule is O=C(CN1CCN(C[C@H](O)c2ccco2)CC1)N1CCCC1. The first kappa shape index (κ1) is 15.5. The summed E-state index contributed by atoms with van der Waals surface area (Å²) in [5.74, 6) is 0.883. The second kappa shape index (κ2) is 7.26. The number of nitrogens with zero attached hydrogens (tertiary/aromatic N) is 3. The van der Waals surface area contributed by atoms with E-state index in [2.05, 4.69) is 9.80 Å². The number of rotatable bonds is 5. The van der Waals surface area contributed by atoms with Gasteiger partial charge in [0.1, 0.15) is 11.9 Å². The van der Waals surface area contributed by atoms with Crippen LogP contribution in [0.5, 0.6) is 0 Å². The van der Waals surface area contributed by atoms with Crippen LogP contribution in [-0.2, 0) is 4.79 Å². The molecule has 122 valence electrons. The van der Waals surface area contributed by atoms with Crippen molar-refractivity contribution in [3.8, 4) is 0 Å². The molecular formula is C16H25N3O3. The molecule has 6 nitrogen and oxygen atoms in total. The van der Waals surface area contributed by atoms with Gasteiger partial charge in [0.15, 0.2) is 0 Å². The molecule has 3 rings (SSSR count). The van der Waals surface area contributed by atoms with E-state index >= 15 is 0 Å². The van der Waals surface area contributed by atoms with Gasteiger partial charge >= 0.3 is 0 Å². The van der Waals surface area contributed by atoms with Gasteiger partial charge in [0.25, 0.3) is 0 Å². The van der Waals surface area contributed by atoms with Crippen LogP contribution in [0, 0.1) is 0 Å². The van der Waals surface area contributed by atoms with Crippen LogP contribution >= 0.6 is 0 Å². The first-order valence-electron chi connectivity index (χ1n) is 8.16. The highest BCUT2D eigenvalue weighted by Gasteiger charge is 2.24. The van der Waals surface area contributed by atoms with Gasteiger partial charge in [0.2, 0.25) is 5.91 Å². The molecule has 0 radical (unpaired) electrons. The first-order valence-corrected chi connectivity index (χ1v) is 8.16. The molecule has 0 bridgehead atoms. The van der Waals surface area contributed by atoms with Crippen molar-refractivity contribution in [2.75, 3.05) is 52.4 Å². The number of aliphatic hydroxyl groups is 1. The van der Waals surface area contributed by atoms with Crippen molar-refractivity contribution in [2.45, 2.75) is 18.9 Å². The number of hydrogen-bond acceptors (Lipinski definition) is 5. The molecule has 2 fully saturated rings. The maximum atomic E-state index is 12.1. The van der Waals surface area contributed by atoms with Crippen molar-refractivity contribution >= 4 is 5.91 Å². The second-order valence-corrected chi connectivity index (χ2v) is 6.20. The quantitative estimate of drug-likeness (QED) is 0.861. The van der Waals surface area contributed by atoms with E-state index in [-0.39, 0.29) is 5.91 Å². The highest BCUT2D eigenvalue weighted by Crippen LogP contribution is 2.16. The lowest BCUT2D eigenvalue weighted by Crippen LogP contribution is -2.50. The lowest BCUT2D eigenvalue weighted by molar-refractivity contribution is -0.131. The van der Waals surface area contributed by atoms with E-state index in [1.54, 1.807) is 18.4 Å². The number of hydrogen-bond donors (Lipinski definition) is 1. The minimum absolute atomic E-state index is 0.265. The van der Waals surface area contributed by atoms with Crippen LogP contribution in [0.2, 0.25) is 0 Å². The molecule has 2 saturated heterocycles. The molecular weight excluding hydrogens is 282 g/mol. The highest BCUT2D eigenvalue weighted by atomic mass is 16.4. The number of amides is 1. The van der Waals surface area contributed by atoms with E-state index in [0.29, 0.717) is 18.8 Å². The Morgan fingerprint density at radius 1 is 1.14 bits per heavy atom. The molecule has 0 saturated carbocycles. The van der Waals surface area contributed by atoms with Gasteiger partial charge in [0, 0.05) is 45.8 Å². The van der Waals surface area contributed by atoms with E-state index in [4.69, 9.17) is 4.42 Å². The van der Waals surface area contributed by atoms with Gasteiger partial charge in [-0.2, -0.15) is 0 Å². The van der Waals surface area contributed by atoms with Crippen LogP contribution in [0.1, 0.15) is 24.7 Å². The third kappa shape index (κ3) is 3.88. The van der Waals surface area contributed by atoms with Crippen LogP contribution in [0.4, 0.5) is 0 Å². The van der Waals surface area contributed by atoms with Gasteiger partial charge in [-0.3, -0.25) is 14.6 Å². The third-order valence-electron chi connectivity index (χ3n) is 4.59. The molecule has 3 heterocycles. The molecule has 1 aromatic rings. The summed E-state index contributed by atoms with van der Waals surface area (Å²) in [7, 11) is 0. The Morgan fingerprint density at radius 3 is 2.45 bits per heavy atom. The molecule has 0 unspecified atom stereocenters. The standard InChI is InChI=1S/C16H25N3O3/c20-14(15-4-3-11-22-15)12-17-7-9-18(10-8-17)13-16(21)19-5-1-2-6-19/h3-4,11,14,20H,1-2,5-10,12-13H2/t14-/m0/s1. The van der Waals surface area contributed by atoms with Crippen molar-refractivity contribution in [3.63, 3.8) is 0 Å². The Hall–Kier alpha value is -1.37. The van der Waals surface area contributed by atoms with Gasteiger partial charge < -0.3 is 14.4 Å². The van der Waals surface area contributed by atoms with Crippen LogP contribution in [0.15, 0.2) is 22.8 Å². The number of aliphatic hydroxyl groups excluding tert-OH is 1. The molecule has 0 aromatic carbocycles. The molecule has 2 aliphatic rings. The minimum atomic E-state index is -0.576. The zero-order valence-corrected chi connectivity index (χ0v) is 13.0. The van der Waals surface area contributed by atoms with Crippen LogP contribution in [-0.4, -0.2) is 78.1 Å². The highest BCUT2D eigenvalue weighted by molar-refractivity contribution is 5.78. The summed E-state index contributed by atoms with van der Waals surface area (Å²) < 4.78 is 5.23. The fraction of sp³-hybridized carbons (Fsp3) is 0.688. The fourth-order valence-electron chi connectivity index (χ4n) is 3.20. The molecule has 1 amide bonds. The Balaban J connectivity index is 1.39. The third-order valence-corrected chi connectivity index (χ3v) is 4.59. The predicted octanol–water partition coefficient (Wildman–Crippen LogP) is 0.553. The summed E-state index contributed by atoms with van der Waals surface area (Å²) in [5, 5.41) is 10.1. The smallest absolute Gasteiger partial charge is 0.236 e. The lowest BCUT2D eigenvalue weighted by Gasteiger charge is -2.35.